The molecule has 1 N–H and O–H groups in total. The molecule has 0 amide bonds. The highest BCUT2D eigenvalue weighted by Gasteiger charge is 2.34. The third kappa shape index (κ3) is 3.82. The van der Waals surface area contributed by atoms with Crippen molar-refractivity contribution < 1.29 is 31.9 Å². The molecule has 3 nitrogen and oxygen atoms in total. The molecule has 0 radical (unpaired) electrons. The van der Waals surface area contributed by atoms with Gasteiger partial charge in [-0.2, -0.15) is 13.2 Å². The number of carbonyl (C=O) groups is 1. The van der Waals surface area contributed by atoms with Gasteiger partial charge in [-0.25, -0.2) is 13.6 Å². The maximum atomic E-state index is 13.7. The van der Waals surface area contributed by atoms with E-state index in [0.717, 1.165) is 0 Å². The van der Waals surface area contributed by atoms with Crippen molar-refractivity contribution >= 4 is 11.7 Å². The molecular formula is C12H12F5NO2. The summed E-state index contributed by atoms with van der Waals surface area (Å²) >= 11 is 0. The van der Waals surface area contributed by atoms with Gasteiger partial charge in [-0.3, -0.25) is 0 Å². The molecule has 0 unspecified atom stereocenters. The van der Waals surface area contributed by atoms with E-state index in [2.05, 4.69) is 0 Å². The summed E-state index contributed by atoms with van der Waals surface area (Å²) in [7, 11) is 0. The summed E-state index contributed by atoms with van der Waals surface area (Å²) in [5.41, 5.74) is -1.55. The van der Waals surface area contributed by atoms with E-state index in [9.17, 15) is 26.7 Å². The Bertz CT molecular complexity index is 490. The second kappa shape index (κ2) is 5.64. The van der Waals surface area contributed by atoms with E-state index in [1.165, 1.54) is 13.8 Å². The van der Waals surface area contributed by atoms with Crippen LogP contribution >= 0.6 is 0 Å². The summed E-state index contributed by atoms with van der Waals surface area (Å²) in [4.78, 5) is 11.1. The van der Waals surface area contributed by atoms with Crippen molar-refractivity contribution in [1.29, 1.82) is 0 Å². The molecule has 0 saturated carbocycles. The van der Waals surface area contributed by atoms with E-state index in [1.54, 1.807) is 0 Å². The number of anilines is 1. The van der Waals surface area contributed by atoms with Crippen LogP contribution in [0.3, 0.4) is 0 Å². The lowest BCUT2D eigenvalue weighted by atomic mass is 10.1. The van der Waals surface area contributed by atoms with Gasteiger partial charge in [-0.05, 0) is 26.0 Å². The van der Waals surface area contributed by atoms with Crippen molar-refractivity contribution in [2.45, 2.75) is 26.1 Å². The molecule has 8 heteroatoms. The average molecular weight is 297 g/mol. The zero-order chi connectivity index (χ0) is 15.7. The van der Waals surface area contributed by atoms with E-state index < -0.39 is 47.6 Å². The highest BCUT2D eigenvalue weighted by molar-refractivity contribution is 5.88. The molecule has 0 fully saturated rings. The van der Waals surface area contributed by atoms with Gasteiger partial charge in [0.1, 0.15) is 23.9 Å². The van der Waals surface area contributed by atoms with Crippen LogP contribution in [0.5, 0.6) is 0 Å². The Morgan fingerprint density at radius 1 is 1.25 bits per heavy atom. The zero-order valence-electron chi connectivity index (χ0n) is 10.6. The molecule has 0 aliphatic carbocycles. The summed E-state index contributed by atoms with van der Waals surface area (Å²) in [5.74, 6) is -4.26. The lowest BCUT2D eigenvalue weighted by Crippen LogP contribution is -2.40. The van der Waals surface area contributed by atoms with Crippen molar-refractivity contribution in [3.8, 4) is 0 Å². The predicted octanol–water partition coefficient (Wildman–Crippen LogP) is 3.44. The summed E-state index contributed by atoms with van der Waals surface area (Å²) in [6, 6.07) is 0.162. The van der Waals surface area contributed by atoms with Crippen molar-refractivity contribution in [3.63, 3.8) is 0 Å². The summed E-state index contributed by atoms with van der Waals surface area (Å²) < 4.78 is 64.8. The number of hydrogen-bond donors (Lipinski definition) is 1. The van der Waals surface area contributed by atoms with Crippen molar-refractivity contribution in [1.82, 2.24) is 0 Å². The quantitative estimate of drug-likeness (QED) is 0.865. The third-order valence-corrected chi connectivity index (χ3v) is 2.52. The van der Waals surface area contributed by atoms with Gasteiger partial charge < -0.3 is 10.0 Å². The lowest BCUT2D eigenvalue weighted by molar-refractivity contribution is -0.120. The molecular weight excluding hydrogens is 285 g/mol. The van der Waals surface area contributed by atoms with Crippen LogP contribution in [0.2, 0.25) is 0 Å². The van der Waals surface area contributed by atoms with Crippen LogP contribution in [-0.2, 0) is 0 Å². The summed E-state index contributed by atoms with van der Waals surface area (Å²) in [5, 5.41) is 8.63. The van der Waals surface area contributed by atoms with Gasteiger partial charge in [-0.15, -0.1) is 0 Å². The Morgan fingerprint density at radius 2 is 1.70 bits per heavy atom. The standard InChI is InChI=1S/C12H12F5NO2/c1-6(2)18(5-12(15,16)17)10-8(13)3-7(11(19)20)4-9(10)14/h3-4,6H,5H2,1-2H3,(H,19,20). The van der Waals surface area contributed by atoms with Gasteiger partial charge in [-0.1, -0.05) is 0 Å². The Labute approximate surface area is 111 Å². The number of carboxylic acids is 1. The number of aromatic carboxylic acids is 1. The van der Waals surface area contributed by atoms with E-state index in [1.807, 2.05) is 0 Å². The number of rotatable bonds is 4. The second-order valence-corrected chi connectivity index (χ2v) is 4.43. The van der Waals surface area contributed by atoms with Gasteiger partial charge in [0.15, 0.2) is 0 Å². The molecule has 112 valence electrons. The van der Waals surface area contributed by atoms with Crippen molar-refractivity contribution in [3.05, 3.63) is 29.3 Å². The fourth-order valence-corrected chi connectivity index (χ4v) is 1.68. The van der Waals surface area contributed by atoms with Crippen molar-refractivity contribution in [2.24, 2.45) is 0 Å². The van der Waals surface area contributed by atoms with E-state index in [0.29, 0.717) is 17.0 Å². The maximum absolute atomic E-state index is 13.7. The fraction of sp³-hybridized carbons (Fsp3) is 0.417. The summed E-state index contributed by atoms with van der Waals surface area (Å²) in [6.07, 6.45) is -4.64. The Hall–Kier alpha value is -1.86. The van der Waals surface area contributed by atoms with Crippen LogP contribution in [0.4, 0.5) is 27.6 Å². The monoisotopic (exact) mass is 297 g/mol. The molecule has 0 bridgehead atoms. The Morgan fingerprint density at radius 3 is 2.00 bits per heavy atom. The van der Waals surface area contributed by atoms with Crippen LogP contribution in [0.15, 0.2) is 12.1 Å². The number of halogens is 5. The van der Waals surface area contributed by atoms with Crippen LogP contribution < -0.4 is 4.90 Å². The van der Waals surface area contributed by atoms with Gasteiger partial charge in [0.05, 0.1) is 5.56 Å². The van der Waals surface area contributed by atoms with Gasteiger partial charge in [0.25, 0.3) is 0 Å². The molecule has 0 aliphatic rings. The number of nitrogens with zero attached hydrogens (tertiary/aromatic N) is 1. The highest BCUT2D eigenvalue weighted by atomic mass is 19.4. The van der Waals surface area contributed by atoms with Gasteiger partial charge >= 0.3 is 12.1 Å². The molecule has 0 aromatic heterocycles. The molecule has 1 rings (SSSR count). The molecule has 1 aromatic carbocycles. The topological polar surface area (TPSA) is 40.5 Å². The number of benzene rings is 1. The minimum atomic E-state index is -4.64. The van der Waals surface area contributed by atoms with E-state index >= 15 is 0 Å². The lowest BCUT2D eigenvalue weighted by Gasteiger charge is -2.30. The molecule has 20 heavy (non-hydrogen) atoms. The first-order chi connectivity index (χ1) is 9.03. The molecule has 0 heterocycles. The highest BCUT2D eigenvalue weighted by Crippen LogP contribution is 2.30. The van der Waals surface area contributed by atoms with E-state index in [-0.39, 0.29) is 0 Å². The minimum Gasteiger partial charge on any atom is -0.478 e. The predicted molar refractivity (Wildman–Crippen MR) is 61.9 cm³/mol. The van der Waals surface area contributed by atoms with Crippen LogP contribution in [0.25, 0.3) is 0 Å². The molecule has 1 aromatic rings. The van der Waals surface area contributed by atoms with Crippen LogP contribution in [-0.4, -0.2) is 29.8 Å². The van der Waals surface area contributed by atoms with Gasteiger partial charge in [0, 0.05) is 6.04 Å². The Balaban J connectivity index is 3.31. The van der Waals surface area contributed by atoms with E-state index in [4.69, 9.17) is 5.11 Å². The van der Waals surface area contributed by atoms with Crippen molar-refractivity contribution in [2.75, 3.05) is 11.4 Å². The third-order valence-electron chi connectivity index (χ3n) is 2.52. The largest absolute Gasteiger partial charge is 0.478 e. The Kier molecular flexibility index (Phi) is 4.57. The smallest absolute Gasteiger partial charge is 0.405 e. The van der Waals surface area contributed by atoms with Gasteiger partial charge in [0.2, 0.25) is 0 Å². The second-order valence-electron chi connectivity index (χ2n) is 4.43. The molecule has 0 saturated heterocycles. The number of hydrogen-bond acceptors (Lipinski definition) is 2. The molecule has 0 spiro atoms. The first kappa shape index (κ1) is 16.2. The van der Waals surface area contributed by atoms with Crippen LogP contribution in [0.1, 0.15) is 24.2 Å². The maximum Gasteiger partial charge on any atom is 0.405 e. The molecule has 0 atom stereocenters. The number of carboxylic acid groups (broad SMARTS) is 1. The number of alkyl halides is 3. The normalized spacial score (nSPS) is 11.8. The molecule has 0 aliphatic heterocycles. The first-order valence-corrected chi connectivity index (χ1v) is 5.58. The first-order valence-electron chi connectivity index (χ1n) is 5.58. The minimum absolute atomic E-state index is 0.493. The zero-order valence-corrected chi connectivity index (χ0v) is 10.6. The summed E-state index contributed by atoms with van der Waals surface area (Å²) in [6.45, 7) is 1.15. The fourth-order valence-electron chi connectivity index (χ4n) is 1.68. The average Bonchev–Trinajstić information content (AvgIpc) is 2.24. The SMILES string of the molecule is CC(C)N(CC(F)(F)F)c1c(F)cc(C(=O)O)cc1F. The van der Waals surface area contributed by atoms with Crippen LogP contribution in [0, 0.1) is 11.6 Å².